The minimum atomic E-state index is 0.0163. The Morgan fingerprint density at radius 2 is 2.00 bits per heavy atom. The smallest absolute Gasteiger partial charge is 0.252 e. The fraction of sp³-hybridized carbons (Fsp3) is 0.348. The molecule has 2 aliphatic rings. The first-order valence-corrected chi connectivity index (χ1v) is 10.0. The summed E-state index contributed by atoms with van der Waals surface area (Å²) in [5.74, 6) is 0.817. The molecule has 1 N–H and O–H groups in total. The number of likely N-dealkylation sites (tertiary alicyclic amines) is 1. The lowest BCUT2D eigenvalue weighted by atomic mass is 9.77. The first-order chi connectivity index (χ1) is 13.7. The van der Waals surface area contributed by atoms with Crippen molar-refractivity contribution in [1.82, 2.24) is 19.9 Å². The van der Waals surface area contributed by atoms with E-state index in [0.717, 1.165) is 55.7 Å². The zero-order chi connectivity index (χ0) is 19.0. The molecule has 28 heavy (non-hydrogen) atoms. The Hall–Kier alpha value is -2.79. The number of hydrogen-bond donors (Lipinski definition) is 1. The summed E-state index contributed by atoms with van der Waals surface area (Å²) < 4.78 is 0. The van der Waals surface area contributed by atoms with E-state index in [0.29, 0.717) is 6.54 Å². The number of piperidine rings is 1. The zero-order valence-corrected chi connectivity index (χ0v) is 15.9. The van der Waals surface area contributed by atoms with Gasteiger partial charge in [0, 0.05) is 42.0 Å². The van der Waals surface area contributed by atoms with Crippen molar-refractivity contribution in [2.75, 3.05) is 13.1 Å². The molecule has 1 spiro atoms. The van der Waals surface area contributed by atoms with Gasteiger partial charge in [-0.15, -0.1) is 0 Å². The normalized spacial score (nSPS) is 21.7. The van der Waals surface area contributed by atoms with Crippen LogP contribution in [-0.4, -0.2) is 32.9 Å². The van der Waals surface area contributed by atoms with Crippen LogP contribution in [0.3, 0.4) is 0 Å². The summed E-state index contributed by atoms with van der Waals surface area (Å²) >= 11 is 0. The third-order valence-electron chi connectivity index (χ3n) is 6.22. The van der Waals surface area contributed by atoms with Crippen LogP contribution in [0.4, 0.5) is 0 Å². The summed E-state index contributed by atoms with van der Waals surface area (Å²) in [6.45, 7) is 2.69. The molecular weight excluding hydrogens is 348 g/mol. The fourth-order valence-corrected chi connectivity index (χ4v) is 4.85. The first kappa shape index (κ1) is 17.3. The second-order valence-corrected chi connectivity index (χ2v) is 8.05. The number of rotatable bonds is 3. The van der Waals surface area contributed by atoms with E-state index in [1.807, 2.05) is 36.5 Å². The summed E-state index contributed by atoms with van der Waals surface area (Å²) in [6, 6.07) is 14.0. The van der Waals surface area contributed by atoms with Crippen molar-refractivity contribution in [3.8, 4) is 11.4 Å². The number of H-pyrrole nitrogens is 1. The van der Waals surface area contributed by atoms with Gasteiger partial charge in [-0.1, -0.05) is 36.4 Å². The van der Waals surface area contributed by atoms with Crippen molar-refractivity contribution in [3.05, 3.63) is 82.0 Å². The Labute approximate surface area is 164 Å². The van der Waals surface area contributed by atoms with Gasteiger partial charge in [0.25, 0.3) is 5.56 Å². The van der Waals surface area contributed by atoms with Crippen molar-refractivity contribution in [2.45, 2.75) is 37.6 Å². The van der Waals surface area contributed by atoms with Crippen LogP contribution in [0.5, 0.6) is 0 Å². The molecule has 142 valence electrons. The van der Waals surface area contributed by atoms with Gasteiger partial charge in [-0.05, 0) is 43.9 Å². The number of aromatic nitrogens is 3. The van der Waals surface area contributed by atoms with Gasteiger partial charge < -0.3 is 4.98 Å². The molecule has 5 rings (SSSR count). The molecular formula is C23H24N4O. The van der Waals surface area contributed by atoms with Crippen molar-refractivity contribution < 1.29 is 0 Å². The molecule has 5 heteroatoms. The van der Waals surface area contributed by atoms with Crippen LogP contribution in [0.2, 0.25) is 0 Å². The van der Waals surface area contributed by atoms with E-state index >= 15 is 0 Å². The van der Waals surface area contributed by atoms with Crippen LogP contribution in [0, 0.1) is 0 Å². The van der Waals surface area contributed by atoms with Gasteiger partial charge in [0.05, 0.1) is 5.69 Å². The van der Waals surface area contributed by atoms with Gasteiger partial charge in [0.15, 0.2) is 5.82 Å². The highest BCUT2D eigenvalue weighted by Gasteiger charge is 2.43. The molecule has 5 nitrogen and oxygen atoms in total. The average Bonchev–Trinajstić information content (AvgIpc) is 3.08. The molecule has 0 saturated carbocycles. The number of aromatic amines is 1. The number of pyridine rings is 1. The fourth-order valence-electron chi connectivity index (χ4n) is 4.85. The van der Waals surface area contributed by atoms with Gasteiger partial charge in [-0.3, -0.25) is 9.69 Å². The summed E-state index contributed by atoms with van der Waals surface area (Å²) in [5.41, 5.74) is 4.53. The molecule has 1 aromatic carbocycles. The molecule has 1 aliphatic carbocycles. The molecule has 0 bridgehead atoms. The number of aryl methyl sites for hydroxylation is 1. The lowest BCUT2D eigenvalue weighted by Gasteiger charge is -2.40. The molecule has 1 saturated heterocycles. The maximum atomic E-state index is 12.1. The molecule has 1 unspecified atom stereocenters. The van der Waals surface area contributed by atoms with Crippen LogP contribution in [-0.2, 0) is 18.4 Å². The monoisotopic (exact) mass is 372 g/mol. The van der Waals surface area contributed by atoms with E-state index in [2.05, 4.69) is 27.0 Å². The van der Waals surface area contributed by atoms with E-state index in [1.54, 1.807) is 6.20 Å². The topological polar surface area (TPSA) is 61.9 Å². The highest BCUT2D eigenvalue weighted by atomic mass is 16.1. The minimum Gasteiger partial charge on any atom is -0.329 e. The summed E-state index contributed by atoms with van der Waals surface area (Å²) in [6.07, 6.45) is 8.18. The van der Waals surface area contributed by atoms with Crippen LogP contribution in [0.25, 0.3) is 11.4 Å². The number of benzene rings is 1. The molecule has 0 amide bonds. The standard InChI is InChI=1S/C23H24N4O/c28-22-19(8-4-12-24-22)15-27-13-5-10-23(16-27)11-9-18-14-25-21(26-20(18)23)17-6-2-1-3-7-17/h1-4,6-8,12,14H,5,9-11,13,15-16H2,(H,24,28). The van der Waals surface area contributed by atoms with E-state index in [9.17, 15) is 4.79 Å². The van der Waals surface area contributed by atoms with E-state index in [4.69, 9.17) is 4.98 Å². The van der Waals surface area contributed by atoms with Crippen LogP contribution in [0.15, 0.2) is 59.7 Å². The summed E-state index contributed by atoms with van der Waals surface area (Å²) in [4.78, 5) is 27.0. The molecule has 3 heterocycles. The zero-order valence-electron chi connectivity index (χ0n) is 15.9. The Kier molecular flexibility index (Phi) is 4.32. The Bertz CT molecular complexity index is 1040. The van der Waals surface area contributed by atoms with E-state index < -0.39 is 0 Å². The lowest BCUT2D eigenvalue weighted by molar-refractivity contribution is 0.136. The summed E-state index contributed by atoms with van der Waals surface area (Å²) in [5, 5.41) is 0. The van der Waals surface area contributed by atoms with E-state index in [-0.39, 0.29) is 11.0 Å². The van der Waals surface area contributed by atoms with Crippen molar-refractivity contribution in [1.29, 1.82) is 0 Å². The van der Waals surface area contributed by atoms with E-state index in [1.165, 1.54) is 11.3 Å². The highest BCUT2D eigenvalue weighted by molar-refractivity contribution is 5.55. The predicted molar refractivity (Wildman–Crippen MR) is 109 cm³/mol. The molecule has 0 radical (unpaired) electrons. The second kappa shape index (κ2) is 6.99. The number of nitrogens with one attached hydrogen (secondary N) is 1. The third kappa shape index (κ3) is 3.06. The lowest BCUT2D eigenvalue weighted by Crippen LogP contribution is -2.45. The van der Waals surface area contributed by atoms with Crippen molar-refractivity contribution in [2.24, 2.45) is 0 Å². The SMILES string of the molecule is O=c1[nH]cccc1CN1CCCC2(CCc3cnc(-c4ccccc4)nc32)C1. The number of nitrogens with zero attached hydrogens (tertiary/aromatic N) is 3. The maximum absolute atomic E-state index is 12.1. The van der Waals surface area contributed by atoms with Gasteiger partial charge >= 0.3 is 0 Å². The van der Waals surface area contributed by atoms with Crippen LogP contribution in [0.1, 0.15) is 36.1 Å². The van der Waals surface area contributed by atoms with Crippen molar-refractivity contribution in [3.63, 3.8) is 0 Å². The number of hydrogen-bond acceptors (Lipinski definition) is 4. The average molecular weight is 372 g/mol. The minimum absolute atomic E-state index is 0.0163. The molecule has 1 fully saturated rings. The van der Waals surface area contributed by atoms with Crippen molar-refractivity contribution >= 4 is 0 Å². The number of fused-ring (bicyclic) bond motifs is 2. The largest absolute Gasteiger partial charge is 0.329 e. The molecule has 1 atom stereocenters. The Balaban J connectivity index is 1.45. The van der Waals surface area contributed by atoms with Gasteiger partial charge in [-0.2, -0.15) is 0 Å². The summed E-state index contributed by atoms with van der Waals surface area (Å²) in [7, 11) is 0. The quantitative estimate of drug-likeness (QED) is 0.766. The van der Waals surface area contributed by atoms with Gasteiger partial charge in [0.2, 0.25) is 0 Å². The maximum Gasteiger partial charge on any atom is 0.252 e. The highest BCUT2D eigenvalue weighted by Crippen LogP contribution is 2.44. The third-order valence-corrected chi connectivity index (χ3v) is 6.22. The molecule has 1 aliphatic heterocycles. The van der Waals surface area contributed by atoms with Crippen LogP contribution >= 0.6 is 0 Å². The Morgan fingerprint density at radius 3 is 2.86 bits per heavy atom. The van der Waals surface area contributed by atoms with Crippen LogP contribution < -0.4 is 5.56 Å². The Morgan fingerprint density at radius 1 is 1.11 bits per heavy atom. The molecule has 2 aromatic heterocycles. The van der Waals surface area contributed by atoms with Gasteiger partial charge in [0.1, 0.15) is 0 Å². The predicted octanol–water partition coefficient (Wildman–Crippen LogP) is 3.31. The first-order valence-electron chi connectivity index (χ1n) is 10.0. The van der Waals surface area contributed by atoms with Gasteiger partial charge in [-0.25, -0.2) is 9.97 Å². The second-order valence-electron chi connectivity index (χ2n) is 8.05. The molecule has 3 aromatic rings.